The van der Waals surface area contributed by atoms with Gasteiger partial charge in [0.25, 0.3) is 0 Å². The minimum absolute atomic E-state index is 0.334. The smallest absolute Gasteiger partial charge is 0.0949 e. The van der Waals surface area contributed by atoms with Gasteiger partial charge in [0.05, 0.1) is 6.07 Å². The number of nitrogens with zero attached hydrogens (tertiary/aromatic N) is 1. The molecule has 0 saturated heterocycles. The first-order chi connectivity index (χ1) is 5.72. The van der Waals surface area contributed by atoms with Crippen molar-refractivity contribution in [1.82, 2.24) is 0 Å². The molecule has 0 aromatic heterocycles. The zero-order valence-corrected chi connectivity index (χ0v) is 8.76. The van der Waals surface area contributed by atoms with Gasteiger partial charge in [-0.25, -0.2) is 0 Å². The van der Waals surface area contributed by atoms with Crippen LogP contribution in [0.2, 0.25) is 0 Å². The Morgan fingerprint density at radius 2 is 1.83 bits per heavy atom. The molecule has 0 radical (unpaired) electrons. The van der Waals surface area contributed by atoms with Crippen LogP contribution in [-0.2, 0) is 0 Å². The standard InChI is InChI=1S/C9H13N.C2H6/c1-4-5-6-9(7-10)8(2)3;1-2/h4-6,8H,1-3H3;1-2H3/b5-4-,9-6-;. The molecule has 12 heavy (non-hydrogen) atoms. The third kappa shape index (κ3) is 7.08. The lowest BCUT2D eigenvalue weighted by Gasteiger charge is -1.97. The first-order valence-electron chi connectivity index (χ1n) is 4.45. The van der Waals surface area contributed by atoms with Crippen LogP contribution in [0.3, 0.4) is 0 Å². The molecular weight excluding hydrogens is 146 g/mol. The first kappa shape index (κ1) is 13.6. The van der Waals surface area contributed by atoms with Gasteiger partial charge in [-0.15, -0.1) is 0 Å². The molecule has 0 bridgehead atoms. The van der Waals surface area contributed by atoms with Crippen LogP contribution in [0, 0.1) is 17.2 Å². The van der Waals surface area contributed by atoms with E-state index in [0.717, 1.165) is 5.57 Å². The van der Waals surface area contributed by atoms with Crippen LogP contribution in [-0.4, -0.2) is 0 Å². The Morgan fingerprint density at radius 3 is 2.08 bits per heavy atom. The van der Waals surface area contributed by atoms with Gasteiger partial charge in [0, 0.05) is 5.57 Å². The lowest BCUT2D eigenvalue weighted by molar-refractivity contribution is 0.795. The topological polar surface area (TPSA) is 23.8 Å². The van der Waals surface area contributed by atoms with Gasteiger partial charge in [0.2, 0.25) is 0 Å². The van der Waals surface area contributed by atoms with Gasteiger partial charge in [-0.05, 0) is 18.9 Å². The van der Waals surface area contributed by atoms with E-state index in [-0.39, 0.29) is 0 Å². The van der Waals surface area contributed by atoms with Gasteiger partial charge in [-0.1, -0.05) is 39.8 Å². The number of rotatable bonds is 2. The maximum Gasteiger partial charge on any atom is 0.0949 e. The van der Waals surface area contributed by atoms with E-state index in [0.29, 0.717) is 5.92 Å². The average Bonchev–Trinajstić information content (AvgIpc) is 2.09. The minimum atomic E-state index is 0.334. The van der Waals surface area contributed by atoms with Gasteiger partial charge >= 0.3 is 0 Å². The van der Waals surface area contributed by atoms with E-state index in [1.807, 2.05) is 52.8 Å². The molecule has 0 saturated carbocycles. The second-order valence-corrected chi connectivity index (χ2v) is 2.41. The highest BCUT2D eigenvalue weighted by Gasteiger charge is 1.97. The zero-order chi connectivity index (χ0) is 9.98. The third-order valence-electron chi connectivity index (χ3n) is 1.22. The molecule has 0 atom stereocenters. The SMILES string of the molecule is C/C=C\C=C(\C#N)C(C)C.CC. The molecule has 0 aromatic rings. The summed E-state index contributed by atoms with van der Waals surface area (Å²) in [7, 11) is 0. The maximum absolute atomic E-state index is 8.57. The fraction of sp³-hybridized carbons (Fsp3) is 0.545. The summed E-state index contributed by atoms with van der Waals surface area (Å²) in [5.41, 5.74) is 0.832. The Balaban J connectivity index is 0. The van der Waals surface area contributed by atoms with E-state index >= 15 is 0 Å². The van der Waals surface area contributed by atoms with E-state index < -0.39 is 0 Å². The summed E-state index contributed by atoms with van der Waals surface area (Å²) in [5.74, 6) is 0.334. The van der Waals surface area contributed by atoms with Crippen molar-refractivity contribution in [2.75, 3.05) is 0 Å². The average molecular weight is 165 g/mol. The van der Waals surface area contributed by atoms with Crippen LogP contribution in [0.15, 0.2) is 23.8 Å². The fourth-order valence-corrected chi connectivity index (χ4v) is 0.559. The van der Waals surface area contributed by atoms with E-state index in [1.165, 1.54) is 0 Å². The van der Waals surface area contributed by atoms with Gasteiger partial charge in [0.15, 0.2) is 0 Å². The van der Waals surface area contributed by atoms with Gasteiger partial charge in [-0.3, -0.25) is 0 Å². The second-order valence-electron chi connectivity index (χ2n) is 2.41. The molecule has 0 aliphatic rings. The quantitative estimate of drug-likeness (QED) is 0.452. The molecule has 0 N–H and O–H groups in total. The van der Waals surface area contributed by atoms with Crippen molar-refractivity contribution in [2.24, 2.45) is 5.92 Å². The Bertz CT molecular complexity index is 180. The highest BCUT2D eigenvalue weighted by Crippen LogP contribution is 2.07. The van der Waals surface area contributed by atoms with Crippen molar-refractivity contribution >= 4 is 0 Å². The Kier molecular flexibility index (Phi) is 11.3. The molecule has 68 valence electrons. The zero-order valence-electron chi connectivity index (χ0n) is 8.76. The van der Waals surface area contributed by atoms with Crippen molar-refractivity contribution in [1.29, 1.82) is 5.26 Å². The van der Waals surface area contributed by atoms with Crippen LogP contribution in [0.4, 0.5) is 0 Å². The Hall–Kier alpha value is -1.03. The number of hydrogen-bond donors (Lipinski definition) is 0. The summed E-state index contributed by atoms with van der Waals surface area (Å²) in [6, 6.07) is 2.15. The predicted molar refractivity (Wildman–Crippen MR) is 54.7 cm³/mol. The fourth-order valence-electron chi connectivity index (χ4n) is 0.559. The third-order valence-corrected chi connectivity index (χ3v) is 1.22. The van der Waals surface area contributed by atoms with Gasteiger partial charge in [0.1, 0.15) is 0 Å². The summed E-state index contributed by atoms with van der Waals surface area (Å²) < 4.78 is 0. The molecule has 0 amide bonds. The monoisotopic (exact) mass is 165 g/mol. The molecule has 0 aliphatic heterocycles. The molecule has 0 heterocycles. The van der Waals surface area contributed by atoms with E-state index in [2.05, 4.69) is 6.07 Å². The van der Waals surface area contributed by atoms with Crippen molar-refractivity contribution in [2.45, 2.75) is 34.6 Å². The van der Waals surface area contributed by atoms with Crippen molar-refractivity contribution in [3.63, 3.8) is 0 Å². The lowest BCUT2D eigenvalue weighted by Crippen LogP contribution is -1.88. The Morgan fingerprint density at radius 1 is 1.33 bits per heavy atom. The normalized spacial score (nSPS) is 10.9. The largest absolute Gasteiger partial charge is 0.193 e. The maximum atomic E-state index is 8.57. The van der Waals surface area contributed by atoms with E-state index in [1.54, 1.807) is 0 Å². The van der Waals surface area contributed by atoms with Crippen LogP contribution in [0.25, 0.3) is 0 Å². The summed E-state index contributed by atoms with van der Waals surface area (Å²) in [6.07, 6.45) is 5.66. The number of allylic oxidation sites excluding steroid dienone is 4. The van der Waals surface area contributed by atoms with Gasteiger partial charge < -0.3 is 0 Å². The molecule has 0 fully saturated rings. The molecule has 0 unspecified atom stereocenters. The van der Waals surface area contributed by atoms with Crippen LogP contribution in [0.5, 0.6) is 0 Å². The van der Waals surface area contributed by atoms with E-state index in [9.17, 15) is 0 Å². The van der Waals surface area contributed by atoms with Gasteiger partial charge in [-0.2, -0.15) is 5.26 Å². The van der Waals surface area contributed by atoms with Crippen molar-refractivity contribution in [3.05, 3.63) is 23.8 Å². The second kappa shape index (κ2) is 9.97. The molecule has 1 heteroatoms. The number of nitriles is 1. The number of hydrogen-bond acceptors (Lipinski definition) is 1. The first-order valence-corrected chi connectivity index (χ1v) is 4.45. The van der Waals surface area contributed by atoms with Crippen molar-refractivity contribution in [3.8, 4) is 6.07 Å². The van der Waals surface area contributed by atoms with Crippen LogP contribution < -0.4 is 0 Å². The van der Waals surface area contributed by atoms with Crippen LogP contribution in [0.1, 0.15) is 34.6 Å². The highest BCUT2D eigenvalue weighted by atomic mass is 14.2. The molecule has 0 aliphatic carbocycles. The molecule has 0 aromatic carbocycles. The molecule has 0 spiro atoms. The Labute approximate surface area is 76.4 Å². The van der Waals surface area contributed by atoms with Crippen molar-refractivity contribution < 1.29 is 0 Å². The lowest BCUT2D eigenvalue weighted by atomic mass is 10.0. The van der Waals surface area contributed by atoms with Crippen LogP contribution >= 0.6 is 0 Å². The summed E-state index contributed by atoms with van der Waals surface area (Å²) in [5, 5.41) is 8.57. The van der Waals surface area contributed by atoms with E-state index in [4.69, 9.17) is 5.26 Å². The molecule has 0 rings (SSSR count). The molecule has 1 nitrogen and oxygen atoms in total. The summed E-state index contributed by atoms with van der Waals surface area (Å²) in [4.78, 5) is 0. The minimum Gasteiger partial charge on any atom is -0.193 e. The highest BCUT2D eigenvalue weighted by molar-refractivity contribution is 5.26. The summed E-state index contributed by atoms with van der Waals surface area (Å²) in [6.45, 7) is 9.96. The predicted octanol–water partition coefficient (Wildman–Crippen LogP) is 3.69. The molecular formula is C11H19N. The summed E-state index contributed by atoms with van der Waals surface area (Å²) >= 11 is 0.